The molecule has 1 saturated heterocycles. The van der Waals surface area contributed by atoms with Crippen LogP contribution in [-0.2, 0) is 11.8 Å². The predicted molar refractivity (Wildman–Crippen MR) is 160 cm³/mol. The monoisotopic (exact) mass is 545 g/mol. The molecular weight excluding hydrogens is 514 g/mol. The topological polar surface area (TPSA) is 124 Å². The molecule has 9 nitrogen and oxygen atoms in total. The Labute approximate surface area is 237 Å². The second kappa shape index (κ2) is 10.4. The zero-order valence-electron chi connectivity index (χ0n) is 23.0. The number of primary amides is 1. The number of nitrogens with one attached hydrogen (secondary N) is 2. The maximum absolute atomic E-state index is 12.6. The highest BCUT2D eigenvalue weighted by Crippen LogP contribution is 2.42. The minimum atomic E-state index is -0.507. The van der Waals surface area contributed by atoms with Gasteiger partial charge >= 0.3 is 0 Å². The molecule has 9 heteroatoms. The van der Waals surface area contributed by atoms with E-state index in [1.807, 2.05) is 29.2 Å². The normalized spacial score (nSPS) is 17.0. The fourth-order valence-electron chi connectivity index (χ4n) is 5.34. The zero-order chi connectivity index (χ0) is 28.6. The molecule has 3 aromatic carbocycles. The number of carbonyl (C=O) groups excluding carboxylic acids is 2. The molecule has 2 aliphatic rings. The van der Waals surface area contributed by atoms with E-state index in [0.717, 1.165) is 41.7 Å². The van der Waals surface area contributed by atoms with E-state index < -0.39 is 5.91 Å². The first-order valence-electron chi connectivity index (χ1n) is 13.5. The van der Waals surface area contributed by atoms with Crippen molar-refractivity contribution < 1.29 is 9.59 Å². The van der Waals surface area contributed by atoms with Crippen LogP contribution in [0.1, 0.15) is 43.4 Å². The van der Waals surface area contributed by atoms with Crippen molar-refractivity contribution in [3.05, 3.63) is 119 Å². The SMILES string of the molecule is CN(C)c1cccc(C2(c3ccccc3)C=Cc3c(C(=O)N4CC4)n[nH]c3C2)c1.NC(=O)c1n[nH]c2ccccc12. The van der Waals surface area contributed by atoms with E-state index in [1.165, 1.54) is 16.8 Å². The minimum Gasteiger partial charge on any atom is -0.378 e. The van der Waals surface area contributed by atoms with Crippen molar-refractivity contribution in [2.24, 2.45) is 5.73 Å². The number of allylic oxidation sites excluding steroid dienone is 1. The Morgan fingerprint density at radius 1 is 0.878 bits per heavy atom. The van der Waals surface area contributed by atoms with E-state index in [9.17, 15) is 9.59 Å². The Kier molecular flexibility index (Phi) is 6.62. The Morgan fingerprint density at radius 3 is 2.32 bits per heavy atom. The van der Waals surface area contributed by atoms with Crippen LogP contribution in [0.3, 0.4) is 0 Å². The second-order valence-electron chi connectivity index (χ2n) is 10.5. The molecule has 0 bridgehead atoms. The number of benzene rings is 3. The molecule has 206 valence electrons. The average molecular weight is 546 g/mol. The van der Waals surface area contributed by atoms with Gasteiger partial charge in [-0.05, 0) is 29.3 Å². The molecule has 1 aliphatic carbocycles. The van der Waals surface area contributed by atoms with Crippen LogP contribution in [0, 0.1) is 0 Å². The van der Waals surface area contributed by atoms with E-state index in [4.69, 9.17) is 5.73 Å². The van der Waals surface area contributed by atoms with E-state index in [2.05, 4.69) is 100 Å². The highest BCUT2D eigenvalue weighted by Gasteiger charge is 2.38. The summed E-state index contributed by atoms with van der Waals surface area (Å²) < 4.78 is 0. The summed E-state index contributed by atoms with van der Waals surface area (Å²) in [6.45, 7) is 1.66. The summed E-state index contributed by atoms with van der Waals surface area (Å²) in [7, 11) is 4.12. The van der Waals surface area contributed by atoms with E-state index in [1.54, 1.807) is 6.07 Å². The number of para-hydroxylation sites is 1. The fraction of sp³-hybridized carbons (Fsp3) is 0.188. The number of rotatable bonds is 5. The fourth-order valence-corrected chi connectivity index (χ4v) is 5.34. The average Bonchev–Trinajstić information content (AvgIpc) is 3.63. The number of aromatic amines is 2. The standard InChI is InChI=1S/C24H24N4O.C8H7N3O/c1-27(2)19-10-6-9-18(15-19)24(17-7-4-3-5-8-17)12-11-20-21(16-24)25-26-22(20)23(29)28-13-14-28;9-8(12)7-5-3-1-2-4-6(5)10-11-7/h3-12,15H,13-14,16H2,1-2H3,(H,25,26);1-4H,(H2,9,12)(H,10,11). The Bertz CT molecular complexity index is 1770. The van der Waals surface area contributed by atoms with Crippen molar-refractivity contribution in [3.63, 3.8) is 0 Å². The molecule has 4 N–H and O–H groups in total. The molecule has 1 aliphatic heterocycles. The molecule has 0 radical (unpaired) electrons. The summed E-state index contributed by atoms with van der Waals surface area (Å²) in [6, 6.07) is 26.6. The highest BCUT2D eigenvalue weighted by atomic mass is 16.2. The van der Waals surface area contributed by atoms with Crippen LogP contribution >= 0.6 is 0 Å². The highest BCUT2D eigenvalue weighted by molar-refractivity contribution is 6.03. The third kappa shape index (κ3) is 4.86. The third-order valence-corrected chi connectivity index (χ3v) is 7.68. The Balaban J connectivity index is 0.000000210. The van der Waals surface area contributed by atoms with Crippen LogP contribution < -0.4 is 10.6 Å². The van der Waals surface area contributed by atoms with Gasteiger partial charge in [0.1, 0.15) is 0 Å². The van der Waals surface area contributed by atoms with Crippen LogP contribution in [-0.4, -0.2) is 64.3 Å². The molecule has 1 unspecified atom stereocenters. The van der Waals surface area contributed by atoms with Gasteiger partial charge in [0.2, 0.25) is 0 Å². The summed E-state index contributed by atoms with van der Waals surface area (Å²) in [5.41, 5.74) is 12.0. The number of H-pyrrole nitrogens is 2. The molecule has 2 aromatic heterocycles. The van der Waals surface area contributed by atoms with Gasteiger partial charge in [0.25, 0.3) is 11.8 Å². The van der Waals surface area contributed by atoms with Gasteiger partial charge in [-0.25, -0.2) is 0 Å². The van der Waals surface area contributed by atoms with Crippen LogP contribution in [0.2, 0.25) is 0 Å². The third-order valence-electron chi connectivity index (χ3n) is 7.68. The van der Waals surface area contributed by atoms with Crippen LogP contribution in [0.5, 0.6) is 0 Å². The van der Waals surface area contributed by atoms with Gasteiger partial charge in [-0.3, -0.25) is 19.8 Å². The molecular formula is C32H31N7O2. The molecule has 0 saturated carbocycles. The van der Waals surface area contributed by atoms with Crippen LogP contribution in [0.15, 0.2) is 84.9 Å². The van der Waals surface area contributed by atoms with Crippen molar-refractivity contribution in [2.75, 3.05) is 32.1 Å². The Morgan fingerprint density at radius 2 is 1.59 bits per heavy atom. The lowest BCUT2D eigenvalue weighted by Gasteiger charge is -2.35. The van der Waals surface area contributed by atoms with Gasteiger partial charge in [0.05, 0.1) is 5.52 Å². The summed E-state index contributed by atoms with van der Waals surface area (Å²) >= 11 is 0. The lowest BCUT2D eigenvalue weighted by atomic mass is 9.68. The number of anilines is 1. The molecule has 3 heterocycles. The molecule has 1 fully saturated rings. The van der Waals surface area contributed by atoms with Crippen molar-refractivity contribution in [3.8, 4) is 0 Å². The summed E-state index contributed by atoms with van der Waals surface area (Å²) in [5, 5.41) is 14.8. The predicted octanol–water partition coefficient (Wildman–Crippen LogP) is 4.15. The number of nitrogens with two attached hydrogens (primary N) is 1. The van der Waals surface area contributed by atoms with Crippen LogP contribution in [0.25, 0.3) is 17.0 Å². The molecule has 7 rings (SSSR count). The number of nitrogens with zero attached hydrogens (tertiary/aromatic N) is 4. The maximum atomic E-state index is 12.6. The zero-order valence-corrected chi connectivity index (χ0v) is 23.0. The molecule has 1 atom stereocenters. The molecule has 41 heavy (non-hydrogen) atoms. The van der Waals surface area contributed by atoms with E-state index >= 15 is 0 Å². The number of hydrogen-bond donors (Lipinski definition) is 3. The van der Waals surface area contributed by atoms with Crippen molar-refractivity contribution in [2.45, 2.75) is 11.8 Å². The first-order valence-corrected chi connectivity index (χ1v) is 13.5. The lowest BCUT2D eigenvalue weighted by molar-refractivity contribution is 0.0879. The van der Waals surface area contributed by atoms with Crippen LogP contribution in [0.4, 0.5) is 5.69 Å². The van der Waals surface area contributed by atoms with E-state index in [-0.39, 0.29) is 11.3 Å². The summed E-state index contributed by atoms with van der Waals surface area (Å²) in [5.74, 6) is -0.485. The van der Waals surface area contributed by atoms with Crippen molar-refractivity contribution >= 4 is 34.5 Å². The number of aromatic nitrogens is 4. The number of amides is 2. The molecule has 5 aromatic rings. The van der Waals surface area contributed by atoms with Crippen molar-refractivity contribution in [1.82, 2.24) is 25.3 Å². The smallest absolute Gasteiger partial charge is 0.275 e. The number of hydrogen-bond acceptors (Lipinski definition) is 5. The van der Waals surface area contributed by atoms with Gasteiger partial charge in [0, 0.05) is 61.4 Å². The Hall–Kier alpha value is -5.18. The number of carbonyl (C=O) groups is 2. The van der Waals surface area contributed by atoms with Gasteiger partial charge in [-0.1, -0.05) is 72.8 Å². The largest absolute Gasteiger partial charge is 0.378 e. The van der Waals surface area contributed by atoms with Gasteiger partial charge in [-0.15, -0.1) is 0 Å². The van der Waals surface area contributed by atoms with E-state index in [0.29, 0.717) is 11.4 Å². The molecule has 0 spiro atoms. The lowest BCUT2D eigenvalue weighted by Crippen LogP contribution is -2.31. The molecule has 2 amide bonds. The quantitative estimate of drug-likeness (QED) is 0.286. The maximum Gasteiger partial charge on any atom is 0.275 e. The van der Waals surface area contributed by atoms with Crippen molar-refractivity contribution in [1.29, 1.82) is 0 Å². The number of fused-ring (bicyclic) bond motifs is 2. The first-order chi connectivity index (χ1) is 19.9. The summed E-state index contributed by atoms with van der Waals surface area (Å²) in [4.78, 5) is 27.3. The first kappa shape index (κ1) is 26.1. The summed E-state index contributed by atoms with van der Waals surface area (Å²) in [6.07, 6.45) is 5.06. The van der Waals surface area contributed by atoms with Gasteiger partial charge in [-0.2, -0.15) is 10.2 Å². The van der Waals surface area contributed by atoms with Gasteiger partial charge < -0.3 is 15.5 Å². The van der Waals surface area contributed by atoms with Gasteiger partial charge in [0.15, 0.2) is 11.4 Å². The minimum absolute atomic E-state index is 0.0222. The second-order valence-corrected chi connectivity index (χ2v) is 10.5.